The number of rotatable bonds is 2. The molecule has 0 unspecified atom stereocenters. The molecule has 0 aliphatic heterocycles. The molecule has 0 N–H and O–H groups in total. The average Bonchev–Trinajstić information content (AvgIpc) is 3.33. The molecule has 0 spiro atoms. The van der Waals surface area contributed by atoms with Crippen LogP contribution in [0.3, 0.4) is 0 Å². The second-order valence-electron chi connectivity index (χ2n) is 8.59. The molecule has 1 aromatic heterocycles. The summed E-state index contributed by atoms with van der Waals surface area (Å²) in [6, 6.07) is 44.3. The summed E-state index contributed by atoms with van der Waals surface area (Å²) < 4.78 is 1.37. The SMILES string of the molecule is c1cc(-c2cc3ccc4ccccc4c3s2)cc(-c2cc3ccccc3c3ccccc23)c1. The lowest BCUT2D eigenvalue weighted by Crippen LogP contribution is -1.85. The van der Waals surface area contributed by atoms with Gasteiger partial charge in [0.25, 0.3) is 0 Å². The first-order valence-electron chi connectivity index (χ1n) is 11.3. The zero-order valence-corrected chi connectivity index (χ0v) is 18.8. The Hall–Kier alpha value is -3.94. The molecule has 7 aromatic rings. The molecule has 0 amide bonds. The zero-order valence-electron chi connectivity index (χ0n) is 18.0. The second kappa shape index (κ2) is 7.30. The first-order chi connectivity index (χ1) is 16.3. The Morgan fingerprint density at radius 3 is 1.94 bits per heavy atom. The maximum Gasteiger partial charge on any atom is 0.0427 e. The van der Waals surface area contributed by atoms with Crippen molar-refractivity contribution in [1.82, 2.24) is 0 Å². The van der Waals surface area contributed by atoms with Crippen molar-refractivity contribution in [2.75, 3.05) is 0 Å². The lowest BCUT2D eigenvalue weighted by atomic mass is 9.92. The van der Waals surface area contributed by atoms with Crippen molar-refractivity contribution in [3.63, 3.8) is 0 Å². The van der Waals surface area contributed by atoms with Gasteiger partial charge in [-0.2, -0.15) is 0 Å². The Labute approximate surface area is 196 Å². The van der Waals surface area contributed by atoms with Gasteiger partial charge in [-0.1, -0.05) is 103 Å². The second-order valence-corrected chi connectivity index (χ2v) is 9.64. The van der Waals surface area contributed by atoms with E-state index in [9.17, 15) is 0 Å². The normalized spacial score (nSPS) is 11.6. The Morgan fingerprint density at radius 2 is 1.06 bits per heavy atom. The predicted molar refractivity (Wildman–Crippen MR) is 145 cm³/mol. The van der Waals surface area contributed by atoms with Crippen LogP contribution >= 0.6 is 11.3 Å². The zero-order chi connectivity index (χ0) is 21.8. The molecule has 0 aliphatic carbocycles. The number of benzene rings is 6. The minimum Gasteiger partial charge on any atom is -0.135 e. The van der Waals surface area contributed by atoms with E-state index in [1.165, 1.54) is 64.0 Å². The Kier molecular flexibility index (Phi) is 4.12. The minimum absolute atomic E-state index is 1.26. The van der Waals surface area contributed by atoms with Gasteiger partial charge in [0.2, 0.25) is 0 Å². The summed E-state index contributed by atoms with van der Waals surface area (Å²) in [7, 11) is 0. The van der Waals surface area contributed by atoms with Crippen molar-refractivity contribution in [1.29, 1.82) is 0 Å². The highest BCUT2D eigenvalue weighted by molar-refractivity contribution is 7.23. The highest BCUT2D eigenvalue weighted by Crippen LogP contribution is 2.40. The van der Waals surface area contributed by atoms with Crippen LogP contribution in [-0.2, 0) is 0 Å². The number of thiophene rings is 1. The third-order valence-corrected chi connectivity index (χ3v) is 7.87. The maximum atomic E-state index is 2.35. The van der Waals surface area contributed by atoms with Crippen molar-refractivity contribution in [2.24, 2.45) is 0 Å². The fraction of sp³-hybridized carbons (Fsp3) is 0. The van der Waals surface area contributed by atoms with Crippen molar-refractivity contribution in [3.05, 3.63) is 121 Å². The molecule has 33 heavy (non-hydrogen) atoms. The summed E-state index contributed by atoms with van der Waals surface area (Å²) in [6.45, 7) is 0. The van der Waals surface area contributed by atoms with E-state index in [0.717, 1.165) is 0 Å². The highest BCUT2D eigenvalue weighted by Gasteiger charge is 2.11. The van der Waals surface area contributed by atoms with E-state index in [1.807, 2.05) is 11.3 Å². The van der Waals surface area contributed by atoms with Gasteiger partial charge in [-0.15, -0.1) is 11.3 Å². The molecule has 1 heterocycles. The smallest absolute Gasteiger partial charge is 0.0427 e. The molecule has 1 heteroatoms. The summed E-state index contributed by atoms with van der Waals surface area (Å²) >= 11 is 1.89. The summed E-state index contributed by atoms with van der Waals surface area (Å²) in [4.78, 5) is 1.31. The predicted octanol–water partition coefficient (Wildman–Crippen LogP) is 9.69. The molecule has 0 nitrogen and oxygen atoms in total. The van der Waals surface area contributed by atoms with E-state index in [4.69, 9.17) is 0 Å². The van der Waals surface area contributed by atoms with Crippen LogP contribution in [0.1, 0.15) is 0 Å². The third-order valence-electron chi connectivity index (χ3n) is 6.63. The van der Waals surface area contributed by atoms with Crippen LogP contribution < -0.4 is 0 Å². The molecule has 0 radical (unpaired) electrons. The van der Waals surface area contributed by atoms with Gasteiger partial charge in [0.1, 0.15) is 0 Å². The molecule has 0 saturated carbocycles. The number of fused-ring (bicyclic) bond motifs is 6. The van der Waals surface area contributed by atoms with Gasteiger partial charge in [0.05, 0.1) is 0 Å². The van der Waals surface area contributed by atoms with E-state index in [2.05, 4.69) is 121 Å². The summed E-state index contributed by atoms with van der Waals surface area (Å²) in [5.74, 6) is 0. The fourth-order valence-corrected chi connectivity index (χ4v) is 6.23. The van der Waals surface area contributed by atoms with Crippen LogP contribution in [0.4, 0.5) is 0 Å². The first-order valence-corrected chi connectivity index (χ1v) is 12.1. The molecule has 0 atom stereocenters. The van der Waals surface area contributed by atoms with Gasteiger partial charge in [-0.3, -0.25) is 0 Å². The van der Waals surface area contributed by atoms with E-state index in [0.29, 0.717) is 0 Å². The average molecular weight is 437 g/mol. The van der Waals surface area contributed by atoms with Crippen molar-refractivity contribution in [2.45, 2.75) is 0 Å². The number of hydrogen-bond acceptors (Lipinski definition) is 1. The molecule has 154 valence electrons. The van der Waals surface area contributed by atoms with Crippen LogP contribution in [0, 0.1) is 0 Å². The Morgan fingerprint density at radius 1 is 0.394 bits per heavy atom. The summed E-state index contributed by atoms with van der Waals surface area (Å²) in [5.41, 5.74) is 3.82. The molecule has 6 aromatic carbocycles. The van der Waals surface area contributed by atoms with Crippen LogP contribution in [0.15, 0.2) is 121 Å². The van der Waals surface area contributed by atoms with E-state index in [1.54, 1.807) is 0 Å². The van der Waals surface area contributed by atoms with Crippen molar-refractivity contribution < 1.29 is 0 Å². The van der Waals surface area contributed by atoms with Crippen molar-refractivity contribution >= 4 is 53.7 Å². The quantitative estimate of drug-likeness (QED) is 0.237. The molecule has 0 saturated heterocycles. The fourth-order valence-electron chi connectivity index (χ4n) is 5.04. The topological polar surface area (TPSA) is 0 Å². The van der Waals surface area contributed by atoms with Crippen LogP contribution in [-0.4, -0.2) is 0 Å². The Bertz CT molecular complexity index is 1820. The minimum atomic E-state index is 1.26. The summed E-state index contributed by atoms with van der Waals surface area (Å²) in [5, 5.41) is 9.15. The van der Waals surface area contributed by atoms with E-state index in [-0.39, 0.29) is 0 Å². The molecule has 7 rings (SSSR count). The van der Waals surface area contributed by atoms with E-state index >= 15 is 0 Å². The molecule has 0 aliphatic rings. The number of hydrogen-bond donors (Lipinski definition) is 0. The van der Waals surface area contributed by atoms with E-state index < -0.39 is 0 Å². The lowest BCUT2D eigenvalue weighted by Gasteiger charge is -2.12. The molecule has 0 fully saturated rings. The molecular weight excluding hydrogens is 416 g/mol. The van der Waals surface area contributed by atoms with Crippen molar-refractivity contribution in [3.8, 4) is 21.6 Å². The van der Waals surface area contributed by atoms with Crippen LogP contribution in [0.2, 0.25) is 0 Å². The van der Waals surface area contributed by atoms with Gasteiger partial charge in [0, 0.05) is 9.58 Å². The highest BCUT2D eigenvalue weighted by atomic mass is 32.1. The monoisotopic (exact) mass is 436 g/mol. The largest absolute Gasteiger partial charge is 0.135 e. The Balaban J connectivity index is 1.44. The van der Waals surface area contributed by atoms with Gasteiger partial charge < -0.3 is 0 Å². The molecular formula is C32H20S. The maximum absolute atomic E-state index is 2.35. The lowest BCUT2D eigenvalue weighted by molar-refractivity contribution is 1.66. The molecule has 0 bridgehead atoms. The van der Waals surface area contributed by atoms with Gasteiger partial charge in [0.15, 0.2) is 0 Å². The van der Waals surface area contributed by atoms with Crippen LogP contribution in [0.5, 0.6) is 0 Å². The van der Waals surface area contributed by atoms with Crippen LogP contribution in [0.25, 0.3) is 64.0 Å². The first kappa shape index (κ1) is 18.6. The standard InChI is InChI=1S/C32H20S/c1-4-13-27-21(8-1)16-17-25-20-31(33-32(25)27)24-11-7-10-22(18-24)30-19-23-9-2-3-12-26(23)28-14-5-6-15-29(28)30/h1-20H. The van der Waals surface area contributed by atoms with Gasteiger partial charge in [-0.25, -0.2) is 0 Å². The summed E-state index contributed by atoms with van der Waals surface area (Å²) in [6.07, 6.45) is 0. The van der Waals surface area contributed by atoms with Gasteiger partial charge in [-0.05, 0) is 72.6 Å². The van der Waals surface area contributed by atoms with Gasteiger partial charge >= 0.3 is 0 Å². The third kappa shape index (κ3) is 2.97.